The molecule has 0 amide bonds. The Kier molecular flexibility index (Phi) is 6.04. The largest absolute Gasteiger partial charge is 0.396 e. The molecule has 5 heteroatoms. The van der Waals surface area contributed by atoms with Gasteiger partial charge in [-0.3, -0.25) is 0 Å². The molecule has 0 aliphatic heterocycles. The van der Waals surface area contributed by atoms with Crippen LogP contribution in [0, 0.1) is 11.6 Å². The van der Waals surface area contributed by atoms with E-state index < -0.39 is 11.6 Å². The van der Waals surface area contributed by atoms with E-state index in [1.807, 2.05) is 0 Å². The second kappa shape index (κ2) is 7.32. The van der Waals surface area contributed by atoms with E-state index in [9.17, 15) is 8.78 Å². The van der Waals surface area contributed by atoms with E-state index in [-0.39, 0.29) is 19.3 Å². The van der Waals surface area contributed by atoms with Gasteiger partial charge in [0.05, 0.1) is 6.61 Å². The van der Waals surface area contributed by atoms with Crippen molar-refractivity contribution in [1.82, 2.24) is 5.32 Å². The molecule has 0 spiro atoms. The minimum absolute atomic E-state index is 0.0213. The van der Waals surface area contributed by atoms with Gasteiger partial charge < -0.3 is 15.5 Å². The lowest BCUT2D eigenvalue weighted by Gasteiger charge is -2.14. The summed E-state index contributed by atoms with van der Waals surface area (Å²) in [6, 6.07) is 3.13. The van der Waals surface area contributed by atoms with Crippen LogP contribution in [0.2, 0.25) is 0 Å². The molecule has 3 N–H and O–H groups in total. The topological polar surface area (TPSA) is 52.5 Å². The molecule has 0 radical (unpaired) electrons. The van der Waals surface area contributed by atoms with Crippen LogP contribution in [0.5, 0.6) is 0 Å². The second-order valence-corrected chi connectivity index (χ2v) is 3.83. The van der Waals surface area contributed by atoms with Gasteiger partial charge in [0.2, 0.25) is 0 Å². The fraction of sp³-hybridized carbons (Fsp3) is 0.500. The number of hydrogen-bond acceptors (Lipinski definition) is 3. The van der Waals surface area contributed by atoms with Gasteiger partial charge >= 0.3 is 0 Å². The molecule has 1 atom stereocenters. The molecular weight excluding hydrogens is 228 g/mol. The fourth-order valence-electron chi connectivity index (χ4n) is 1.56. The summed E-state index contributed by atoms with van der Waals surface area (Å²) >= 11 is 0. The van der Waals surface area contributed by atoms with Gasteiger partial charge in [-0.1, -0.05) is 0 Å². The zero-order valence-electron chi connectivity index (χ0n) is 9.50. The van der Waals surface area contributed by atoms with Crippen LogP contribution >= 0.6 is 0 Å². The minimum atomic E-state index is -0.463. The van der Waals surface area contributed by atoms with Crippen molar-refractivity contribution in [3.63, 3.8) is 0 Å². The average Bonchev–Trinajstić information content (AvgIpc) is 2.32. The van der Waals surface area contributed by atoms with Gasteiger partial charge in [-0.25, -0.2) is 8.78 Å². The summed E-state index contributed by atoms with van der Waals surface area (Å²) in [6.07, 6.45) is 0.771. The Labute approximate surface area is 99.1 Å². The number of benzene rings is 1. The lowest BCUT2D eigenvalue weighted by Crippen LogP contribution is -2.34. The van der Waals surface area contributed by atoms with E-state index in [1.165, 1.54) is 0 Å². The summed E-state index contributed by atoms with van der Waals surface area (Å²) in [5.41, 5.74) is 0.304. The molecule has 1 aromatic carbocycles. The average molecular weight is 245 g/mol. The van der Waals surface area contributed by atoms with E-state index in [0.29, 0.717) is 24.9 Å². The van der Waals surface area contributed by atoms with E-state index >= 15 is 0 Å². The Morgan fingerprint density at radius 2 is 2.00 bits per heavy atom. The summed E-state index contributed by atoms with van der Waals surface area (Å²) < 4.78 is 26.1. The number of aliphatic hydroxyl groups is 2. The van der Waals surface area contributed by atoms with Crippen molar-refractivity contribution in [3.05, 3.63) is 35.4 Å². The maximum Gasteiger partial charge on any atom is 0.126 e. The van der Waals surface area contributed by atoms with Gasteiger partial charge in [0.25, 0.3) is 0 Å². The smallest absolute Gasteiger partial charge is 0.126 e. The Hall–Kier alpha value is -1.04. The van der Waals surface area contributed by atoms with Crippen molar-refractivity contribution in [2.45, 2.75) is 18.9 Å². The third kappa shape index (κ3) is 4.77. The van der Waals surface area contributed by atoms with Gasteiger partial charge in [-0.2, -0.15) is 0 Å². The highest BCUT2D eigenvalue weighted by atomic mass is 19.1. The molecule has 0 saturated carbocycles. The van der Waals surface area contributed by atoms with Gasteiger partial charge in [0, 0.05) is 12.6 Å². The highest BCUT2D eigenvalue weighted by molar-refractivity contribution is 5.18. The van der Waals surface area contributed by atoms with Gasteiger partial charge in [0.15, 0.2) is 0 Å². The van der Waals surface area contributed by atoms with Crippen LogP contribution in [0.25, 0.3) is 0 Å². The number of rotatable bonds is 7. The molecule has 0 aromatic heterocycles. The minimum Gasteiger partial charge on any atom is -0.396 e. The summed E-state index contributed by atoms with van der Waals surface area (Å²) in [4.78, 5) is 0. The van der Waals surface area contributed by atoms with E-state index in [2.05, 4.69) is 5.32 Å². The molecule has 1 aromatic rings. The molecule has 0 heterocycles. The molecule has 0 aliphatic carbocycles. The van der Waals surface area contributed by atoms with E-state index in [4.69, 9.17) is 10.2 Å². The normalized spacial score (nSPS) is 12.7. The van der Waals surface area contributed by atoms with Gasteiger partial charge in [0.1, 0.15) is 11.6 Å². The quantitative estimate of drug-likeness (QED) is 0.667. The number of hydrogen-bond donors (Lipinski definition) is 3. The molecule has 17 heavy (non-hydrogen) atoms. The van der Waals surface area contributed by atoms with Crippen LogP contribution in [0.3, 0.4) is 0 Å². The molecule has 0 fully saturated rings. The maximum absolute atomic E-state index is 13.2. The van der Waals surface area contributed by atoms with Gasteiger partial charge in [-0.15, -0.1) is 0 Å². The van der Waals surface area contributed by atoms with Crippen molar-refractivity contribution < 1.29 is 19.0 Å². The third-order valence-electron chi connectivity index (χ3n) is 2.53. The second-order valence-electron chi connectivity index (χ2n) is 3.83. The van der Waals surface area contributed by atoms with Crippen LogP contribution in [-0.4, -0.2) is 36.0 Å². The zero-order chi connectivity index (χ0) is 12.7. The molecule has 1 rings (SSSR count). The summed E-state index contributed by atoms with van der Waals surface area (Å²) in [7, 11) is 0. The van der Waals surface area contributed by atoms with Crippen LogP contribution < -0.4 is 5.32 Å². The lowest BCUT2D eigenvalue weighted by atomic mass is 10.1. The number of aliphatic hydroxyl groups excluding tert-OH is 2. The first-order valence-corrected chi connectivity index (χ1v) is 5.56. The van der Waals surface area contributed by atoms with Crippen molar-refractivity contribution >= 4 is 0 Å². The zero-order valence-corrected chi connectivity index (χ0v) is 9.50. The summed E-state index contributed by atoms with van der Waals surface area (Å²) in [6.45, 7) is 0.310. The van der Waals surface area contributed by atoms with Crippen LogP contribution in [-0.2, 0) is 6.42 Å². The number of halogens is 2. The van der Waals surface area contributed by atoms with Crippen LogP contribution in [0.1, 0.15) is 12.0 Å². The van der Waals surface area contributed by atoms with E-state index in [1.54, 1.807) is 0 Å². The maximum atomic E-state index is 13.2. The van der Waals surface area contributed by atoms with Gasteiger partial charge in [-0.05, 0) is 43.1 Å². The predicted octanol–water partition coefficient (Wildman–Crippen LogP) is 0.840. The first-order chi connectivity index (χ1) is 8.17. The number of nitrogens with one attached hydrogen (secondary N) is 1. The van der Waals surface area contributed by atoms with Crippen molar-refractivity contribution in [2.24, 2.45) is 0 Å². The highest BCUT2D eigenvalue weighted by Gasteiger charge is 2.07. The Balaban J connectivity index is 2.42. The first kappa shape index (κ1) is 14.0. The van der Waals surface area contributed by atoms with Crippen LogP contribution in [0.15, 0.2) is 18.2 Å². The van der Waals surface area contributed by atoms with E-state index in [0.717, 1.165) is 18.2 Å². The fourth-order valence-corrected chi connectivity index (χ4v) is 1.56. The van der Waals surface area contributed by atoms with Crippen molar-refractivity contribution in [3.8, 4) is 0 Å². The SMILES string of the molecule is OCCC(CO)NCCc1cc(F)ccc1F. The predicted molar refractivity (Wildman–Crippen MR) is 60.6 cm³/mol. The van der Waals surface area contributed by atoms with Crippen molar-refractivity contribution in [2.75, 3.05) is 19.8 Å². The standard InChI is InChI=1S/C12H17F2NO2/c13-10-1-2-12(14)9(7-10)3-5-15-11(8-17)4-6-16/h1-2,7,11,15-17H,3-6,8H2. The Bertz CT molecular complexity index is 347. The molecule has 3 nitrogen and oxygen atoms in total. The molecule has 0 saturated heterocycles. The molecule has 0 aliphatic rings. The Morgan fingerprint density at radius 3 is 2.65 bits per heavy atom. The molecule has 96 valence electrons. The molecule has 0 bridgehead atoms. The molecule has 1 unspecified atom stereocenters. The first-order valence-electron chi connectivity index (χ1n) is 5.56. The molecular formula is C12H17F2NO2. The third-order valence-corrected chi connectivity index (χ3v) is 2.53. The van der Waals surface area contributed by atoms with Crippen LogP contribution in [0.4, 0.5) is 8.78 Å². The monoisotopic (exact) mass is 245 g/mol. The highest BCUT2D eigenvalue weighted by Crippen LogP contribution is 2.09. The summed E-state index contributed by atoms with van der Waals surface area (Å²) in [5.74, 6) is -0.897. The summed E-state index contributed by atoms with van der Waals surface area (Å²) in [5, 5.41) is 20.6. The van der Waals surface area contributed by atoms with Crippen molar-refractivity contribution in [1.29, 1.82) is 0 Å². The Morgan fingerprint density at radius 1 is 1.24 bits per heavy atom. The lowest BCUT2D eigenvalue weighted by molar-refractivity contribution is 0.201.